The molecule has 4 rings (SSSR count). The van der Waals surface area contributed by atoms with Crippen LogP contribution in [0.4, 0.5) is 0 Å². The number of halogens is 1. The van der Waals surface area contributed by atoms with Crippen LogP contribution in [-0.4, -0.2) is 24.5 Å². The lowest BCUT2D eigenvalue weighted by Crippen LogP contribution is -2.12. The SMILES string of the molecule is [C-]#[N+]C(C)(C)c1cc(-c2ccc(-c3cccc(S(C)(=O)=O)c3)s2)n(-c2ccccc2Cl)n1. The van der Waals surface area contributed by atoms with Crippen molar-refractivity contribution in [3.05, 3.63) is 88.9 Å². The lowest BCUT2D eigenvalue weighted by Gasteiger charge is -2.09. The molecule has 0 spiro atoms. The average molecular weight is 482 g/mol. The van der Waals surface area contributed by atoms with Crippen molar-refractivity contribution in [1.29, 1.82) is 0 Å². The van der Waals surface area contributed by atoms with Gasteiger partial charge in [0.15, 0.2) is 9.84 Å². The van der Waals surface area contributed by atoms with Gasteiger partial charge in [-0.15, -0.1) is 11.3 Å². The van der Waals surface area contributed by atoms with Gasteiger partial charge in [-0.2, -0.15) is 5.10 Å². The number of hydrogen-bond donors (Lipinski definition) is 0. The van der Waals surface area contributed by atoms with Crippen molar-refractivity contribution >= 4 is 32.8 Å². The van der Waals surface area contributed by atoms with E-state index in [1.54, 1.807) is 28.9 Å². The summed E-state index contributed by atoms with van der Waals surface area (Å²) in [4.78, 5) is 5.88. The maximum absolute atomic E-state index is 12.0. The molecule has 2 heterocycles. The molecule has 0 aliphatic rings. The maximum Gasteiger partial charge on any atom is 0.270 e. The highest BCUT2D eigenvalue weighted by Gasteiger charge is 2.31. The largest absolute Gasteiger partial charge is 0.304 e. The van der Waals surface area contributed by atoms with Gasteiger partial charge >= 0.3 is 0 Å². The van der Waals surface area contributed by atoms with Gasteiger partial charge in [-0.1, -0.05) is 35.9 Å². The summed E-state index contributed by atoms with van der Waals surface area (Å²) in [5.41, 5.74) is 2.24. The molecule has 162 valence electrons. The van der Waals surface area contributed by atoms with Gasteiger partial charge in [0.25, 0.3) is 5.54 Å². The fourth-order valence-electron chi connectivity index (χ4n) is 3.23. The van der Waals surface area contributed by atoms with Crippen molar-refractivity contribution in [2.24, 2.45) is 0 Å². The molecule has 0 bridgehead atoms. The topological polar surface area (TPSA) is 56.3 Å². The lowest BCUT2D eigenvalue weighted by atomic mass is 10.0. The lowest BCUT2D eigenvalue weighted by molar-refractivity contribution is 0.602. The van der Waals surface area contributed by atoms with E-state index >= 15 is 0 Å². The molecule has 8 heteroatoms. The molecule has 32 heavy (non-hydrogen) atoms. The molecule has 0 radical (unpaired) electrons. The fraction of sp³-hybridized carbons (Fsp3) is 0.167. The summed E-state index contributed by atoms with van der Waals surface area (Å²) in [5, 5.41) is 5.29. The minimum absolute atomic E-state index is 0.284. The molecule has 0 N–H and O–H groups in total. The Morgan fingerprint density at radius 2 is 1.75 bits per heavy atom. The Bertz CT molecular complexity index is 1460. The second-order valence-corrected chi connectivity index (χ2v) is 11.4. The second-order valence-electron chi connectivity index (χ2n) is 7.91. The molecule has 0 unspecified atom stereocenters. The van der Waals surface area contributed by atoms with E-state index in [-0.39, 0.29) is 4.90 Å². The minimum Gasteiger partial charge on any atom is -0.304 e. The van der Waals surface area contributed by atoms with E-state index in [2.05, 4.69) is 4.85 Å². The van der Waals surface area contributed by atoms with Crippen LogP contribution in [0.15, 0.2) is 71.6 Å². The van der Waals surface area contributed by atoms with Gasteiger partial charge in [0, 0.05) is 25.0 Å². The van der Waals surface area contributed by atoms with E-state index in [1.165, 1.54) is 17.6 Å². The summed E-state index contributed by atoms with van der Waals surface area (Å²) in [6, 6.07) is 20.2. The summed E-state index contributed by atoms with van der Waals surface area (Å²) in [6.07, 6.45) is 1.20. The van der Waals surface area contributed by atoms with Gasteiger partial charge in [0.05, 0.1) is 26.2 Å². The monoisotopic (exact) mass is 481 g/mol. The molecule has 5 nitrogen and oxygen atoms in total. The molecule has 0 saturated carbocycles. The number of thiophene rings is 1. The van der Waals surface area contributed by atoms with Crippen LogP contribution in [0.5, 0.6) is 0 Å². The third-order valence-corrected chi connectivity index (χ3v) is 7.69. The Labute approximate surface area is 196 Å². The number of para-hydroxylation sites is 1. The number of hydrogen-bond acceptors (Lipinski definition) is 4. The molecular weight excluding hydrogens is 462 g/mol. The molecule has 0 aliphatic carbocycles. The normalized spacial score (nSPS) is 12.0. The molecule has 2 aromatic carbocycles. The Morgan fingerprint density at radius 3 is 2.44 bits per heavy atom. The van der Waals surface area contributed by atoms with Gasteiger partial charge in [-0.25, -0.2) is 19.7 Å². The van der Waals surface area contributed by atoms with Gasteiger partial charge in [0.1, 0.15) is 5.69 Å². The van der Waals surface area contributed by atoms with Crippen LogP contribution < -0.4 is 0 Å². The Morgan fingerprint density at radius 1 is 1.03 bits per heavy atom. The molecule has 4 aromatic rings. The zero-order chi connectivity index (χ0) is 23.1. The highest BCUT2D eigenvalue weighted by atomic mass is 35.5. The number of sulfone groups is 1. The van der Waals surface area contributed by atoms with Crippen molar-refractivity contribution < 1.29 is 8.42 Å². The number of rotatable bonds is 5. The predicted octanol–water partition coefficient (Wildman–Crippen LogP) is 6.48. The third kappa shape index (κ3) is 4.22. The summed E-state index contributed by atoms with van der Waals surface area (Å²) in [7, 11) is -3.29. The molecule has 0 atom stereocenters. The Hall–Kier alpha value is -2.92. The summed E-state index contributed by atoms with van der Waals surface area (Å²) >= 11 is 7.99. The summed E-state index contributed by atoms with van der Waals surface area (Å²) in [5.74, 6) is 0. The van der Waals surface area contributed by atoms with Crippen LogP contribution in [0.2, 0.25) is 5.02 Å². The molecule has 0 amide bonds. The zero-order valence-electron chi connectivity index (χ0n) is 17.7. The number of benzene rings is 2. The first-order valence-electron chi connectivity index (χ1n) is 9.75. The molecule has 0 saturated heterocycles. The van der Waals surface area contributed by atoms with Crippen LogP contribution in [0.3, 0.4) is 0 Å². The Balaban J connectivity index is 1.86. The van der Waals surface area contributed by atoms with Crippen LogP contribution in [-0.2, 0) is 15.4 Å². The van der Waals surface area contributed by atoms with Crippen LogP contribution in [0, 0.1) is 6.57 Å². The average Bonchev–Trinajstić information content (AvgIpc) is 3.41. The van der Waals surface area contributed by atoms with Crippen LogP contribution >= 0.6 is 22.9 Å². The quantitative estimate of drug-likeness (QED) is 0.306. The maximum atomic E-state index is 12.0. The van der Waals surface area contributed by atoms with Crippen molar-refractivity contribution in [3.63, 3.8) is 0 Å². The Kier molecular flexibility index (Phi) is 5.72. The first kappa shape index (κ1) is 22.3. The van der Waals surface area contributed by atoms with E-state index < -0.39 is 15.4 Å². The smallest absolute Gasteiger partial charge is 0.270 e. The summed E-state index contributed by atoms with van der Waals surface area (Å²) in [6.45, 7) is 11.2. The van der Waals surface area contributed by atoms with Crippen molar-refractivity contribution in [3.8, 4) is 26.7 Å². The van der Waals surface area contributed by atoms with Gasteiger partial charge in [0.2, 0.25) is 0 Å². The van der Waals surface area contributed by atoms with E-state index in [4.69, 9.17) is 23.3 Å². The molecule has 0 fully saturated rings. The van der Waals surface area contributed by atoms with Gasteiger partial charge < -0.3 is 4.85 Å². The standard InChI is InChI=1S/C24H20ClN3O2S2/c1-24(2,26-3)23-15-20(28(27-23)19-11-6-5-10-18(19)25)22-13-12-21(31-22)16-8-7-9-17(14-16)32(4,29)30/h5-15H,1-2,4H3. The predicted molar refractivity (Wildman–Crippen MR) is 130 cm³/mol. The summed E-state index contributed by atoms with van der Waals surface area (Å²) < 4.78 is 25.7. The third-order valence-electron chi connectivity index (χ3n) is 5.10. The van der Waals surface area contributed by atoms with Crippen LogP contribution in [0.25, 0.3) is 31.5 Å². The van der Waals surface area contributed by atoms with E-state index in [1.807, 2.05) is 56.3 Å². The molecular formula is C24H20ClN3O2S2. The number of aromatic nitrogens is 2. The van der Waals surface area contributed by atoms with Gasteiger partial charge in [-0.3, -0.25) is 0 Å². The van der Waals surface area contributed by atoms with E-state index in [0.717, 1.165) is 26.7 Å². The number of nitrogens with zero attached hydrogens (tertiary/aromatic N) is 3. The molecule has 0 aliphatic heterocycles. The minimum atomic E-state index is -3.29. The fourth-order valence-corrected chi connectivity index (χ4v) is 5.12. The highest BCUT2D eigenvalue weighted by Crippen LogP contribution is 2.38. The zero-order valence-corrected chi connectivity index (χ0v) is 20.1. The van der Waals surface area contributed by atoms with Gasteiger partial charge in [-0.05, 0) is 48.0 Å². The van der Waals surface area contributed by atoms with E-state index in [9.17, 15) is 8.42 Å². The van der Waals surface area contributed by atoms with E-state index in [0.29, 0.717) is 10.7 Å². The van der Waals surface area contributed by atoms with Crippen LogP contribution in [0.1, 0.15) is 19.5 Å². The van der Waals surface area contributed by atoms with Crippen molar-refractivity contribution in [2.75, 3.05) is 6.26 Å². The van der Waals surface area contributed by atoms with Crippen molar-refractivity contribution in [1.82, 2.24) is 9.78 Å². The first-order chi connectivity index (χ1) is 15.1. The molecule has 2 aromatic heterocycles. The second kappa shape index (κ2) is 8.21. The highest BCUT2D eigenvalue weighted by molar-refractivity contribution is 7.90. The van der Waals surface area contributed by atoms with Crippen molar-refractivity contribution in [2.45, 2.75) is 24.3 Å². The first-order valence-corrected chi connectivity index (χ1v) is 12.8.